The van der Waals surface area contributed by atoms with Gasteiger partial charge >= 0.3 is 0 Å². The first-order chi connectivity index (χ1) is 13.1. The first-order valence-electron chi connectivity index (χ1n) is 9.15. The zero-order valence-electron chi connectivity index (χ0n) is 15.8. The van der Waals surface area contributed by atoms with Gasteiger partial charge in [0.1, 0.15) is 5.75 Å². The zero-order chi connectivity index (χ0) is 19.2. The number of likely N-dealkylation sites (tertiary alicyclic amines) is 1. The summed E-state index contributed by atoms with van der Waals surface area (Å²) in [5.74, 6) is 0.516. The van der Waals surface area contributed by atoms with Crippen molar-refractivity contribution in [2.45, 2.75) is 26.3 Å². The molecule has 3 rings (SSSR count). The summed E-state index contributed by atoms with van der Waals surface area (Å²) in [4.78, 5) is 30.6. The third-order valence-electron chi connectivity index (χ3n) is 4.84. The van der Waals surface area contributed by atoms with E-state index >= 15 is 0 Å². The second-order valence-electron chi connectivity index (χ2n) is 6.84. The van der Waals surface area contributed by atoms with E-state index in [2.05, 4.69) is 16.4 Å². The number of nitrogens with one attached hydrogen (secondary N) is 1. The number of aryl methyl sites for hydroxylation is 1. The maximum atomic E-state index is 12.4. The molecule has 0 radical (unpaired) electrons. The van der Waals surface area contributed by atoms with E-state index in [1.807, 2.05) is 37.3 Å². The molecule has 2 amide bonds. The minimum absolute atomic E-state index is 0.00609. The van der Waals surface area contributed by atoms with Crippen LogP contribution in [0.2, 0.25) is 0 Å². The first-order valence-corrected chi connectivity index (χ1v) is 9.15. The molecule has 1 aliphatic heterocycles. The molecule has 1 saturated heterocycles. The highest BCUT2D eigenvalue weighted by Gasteiger charge is 2.34. The number of nitrogens with zero attached hydrogens (tertiary/aromatic N) is 2. The van der Waals surface area contributed by atoms with Crippen molar-refractivity contribution in [1.29, 1.82) is 0 Å². The zero-order valence-corrected chi connectivity index (χ0v) is 15.8. The number of rotatable bonds is 7. The largest absolute Gasteiger partial charge is 0.496 e. The van der Waals surface area contributed by atoms with Gasteiger partial charge in [0.05, 0.1) is 25.3 Å². The Morgan fingerprint density at radius 2 is 2.19 bits per heavy atom. The van der Waals surface area contributed by atoms with E-state index in [0.717, 1.165) is 29.0 Å². The molecule has 1 aliphatic rings. The van der Waals surface area contributed by atoms with Crippen LogP contribution in [-0.4, -0.2) is 41.9 Å². The molecule has 2 heterocycles. The van der Waals surface area contributed by atoms with Crippen LogP contribution >= 0.6 is 0 Å². The van der Waals surface area contributed by atoms with E-state index in [9.17, 15) is 9.59 Å². The minimum atomic E-state index is -0.293. The number of amides is 2. The van der Waals surface area contributed by atoms with Gasteiger partial charge in [-0.3, -0.25) is 14.6 Å². The van der Waals surface area contributed by atoms with Crippen LogP contribution in [0.5, 0.6) is 5.75 Å². The SMILES string of the molecule is COc1ccc(CCNC(=O)C2CC(=O)N(Cc3ccccn3)C2)cc1C. The number of benzene rings is 1. The molecule has 142 valence electrons. The van der Waals surface area contributed by atoms with Gasteiger partial charge in [0.2, 0.25) is 11.8 Å². The molecule has 0 saturated carbocycles. The summed E-state index contributed by atoms with van der Waals surface area (Å²) in [6.45, 7) is 3.45. The number of pyridine rings is 1. The van der Waals surface area contributed by atoms with Crippen LogP contribution in [0, 0.1) is 12.8 Å². The quantitative estimate of drug-likeness (QED) is 0.814. The summed E-state index contributed by atoms with van der Waals surface area (Å²) in [7, 11) is 1.66. The molecule has 6 heteroatoms. The molecule has 1 atom stereocenters. The topological polar surface area (TPSA) is 71.5 Å². The molecular weight excluding hydrogens is 342 g/mol. The van der Waals surface area contributed by atoms with Crippen molar-refractivity contribution in [3.8, 4) is 5.75 Å². The van der Waals surface area contributed by atoms with Crippen LogP contribution < -0.4 is 10.1 Å². The van der Waals surface area contributed by atoms with Gasteiger partial charge in [0.25, 0.3) is 0 Å². The van der Waals surface area contributed by atoms with E-state index in [0.29, 0.717) is 19.6 Å². The van der Waals surface area contributed by atoms with E-state index in [4.69, 9.17) is 4.74 Å². The smallest absolute Gasteiger partial charge is 0.225 e. The van der Waals surface area contributed by atoms with Crippen LogP contribution in [0.4, 0.5) is 0 Å². The van der Waals surface area contributed by atoms with Gasteiger partial charge in [-0.15, -0.1) is 0 Å². The van der Waals surface area contributed by atoms with E-state index in [-0.39, 0.29) is 24.2 Å². The number of ether oxygens (including phenoxy) is 1. The van der Waals surface area contributed by atoms with Gasteiger partial charge in [-0.2, -0.15) is 0 Å². The molecule has 1 aromatic carbocycles. The van der Waals surface area contributed by atoms with Crippen LogP contribution in [-0.2, 0) is 22.6 Å². The predicted molar refractivity (Wildman–Crippen MR) is 102 cm³/mol. The lowest BCUT2D eigenvalue weighted by molar-refractivity contribution is -0.129. The Hall–Kier alpha value is -2.89. The van der Waals surface area contributed by atoms with Crippen molar-refractivity contribution in [2.75, 3.05) is 20.2 Å². The van der Waals surface area contributed by atoms with Crippen LogP contribution in [0.3, 0.4) is 0 Å². The molecule has 1 N–H and O–H groups in total. The third kappa shape index (κ3) is 4.84. The highest BCUT2D eigenvalue weighted by molar-refractivity contribution is 5.89. The number of hydrogen-bond acceptors (Lipinski definition) is 4. The first kappa shape index (κ1) is 18.9. The van der Waals surface area contributed by atoms with Crippen molar-refractivity contribution in [3.63, 3.8) is 0 Å². The minimum Gasteiger partial charge on any atom is -0.496 e. The van der Waals surface area contributed by atoms with Crippen molar-refractivity contribution < 1.29 is 14.3 Å². The fraction of sp³-hybridized carbons (Fsp3) is 0.381. The highest BCUT2D eigenvalue weighted by atomic mass is 16.5. The number of methoxy groups -OCH3 is 1. The molecule has 0 bridgehead atoms. The molecule has 2 aromatic rings. The Morgan fingerprint density at radius 1 is 1.33 bits per heavy atom. The number of carbonyl (C=O) groups excluding carboxylic acids is 2. The fourth-order valence-electron chi connectivity index (χ4n) is 3.36. The van der Waals surface area contributed by atoms with Gasteiger partial charge in [-0.1, -0.05) is 18.2 Å². The van der Waals surface area contributed by atoms with Crippen molar-refractivity contribution in [2.24, 2.45) is 5.92 Å². The lowest BCUT2D eigenvalue weighted by atomic mass is 10.1. The maximum absolute atomic E-state index is 12.4. The summed E-state index contributed by atoms with van der Waals surface area (Å²) >= 11 is 0. The Labute approximate surface area is 159 Å². The third-order valence-corrected chi connectivity index (χ3v) is 4.84. The monoisotopic (exact) mass is 367 g/mol. The van der Waals surface area contributed by atoms with E-state index in [1.54, 1.807) is 18.2 Å². The molecule has 1 unspecified atom stereocenters. The van der Waals surface area contributed by atoms with Crippen LogP contribution in [0.15, 0.2) is 42.6 Å². The van der Waals surface area contributed by atoms with E-state index in [1.165, 1.54) is 0 Å². The number of hydrogen-bond donors (Lipinski definition) is 1. The molecule has 0 spiro atoms. The molecule has 6 nitrogen and oxygen atoms in total. The predicted octanol–water partition coefficient (Wildman–Crippen LogP) is 2.11. The van der Waals surface area contributed by atoms with Crippen molar-refractivity contribution in [1.82, 2.24) is 15.2 Å². The van der Waals surface area contributed by atoms with E-state index < -0.39 is 0 Å². The maximum Gasteiger partial charge on any atom is 0.225 e. The van der Waals surface area contributed by atoms with Crippen LogP contribution in [0.25, 0.3) is 0 Å². The van der Waals surface area contributed by atoms with Crippen molar-refractivity contribution >= 4 is 11.8 Å². The molecule has 0 aliphatic carbocycles. The second-order valence-corrected chi connectivity index (χ2v) is 6.84. The molecule has 1 fully saturated rings. The van der Waals surface area contributed by atoms with Gasteiger partial charge in [-0.25, -0.2) is 0 Å². The van der Waals surface area contributed by atoms with Crippen molar-refractivity contribution in [3.05, 3.63) is 59.4 Å². The fourth-order valence-corrected chi connectivity index (χ4v) is 3.36. The lowest BCUT2D eigenvalue weighted by Crippen LogP contribution is -2.34. The molecule has 1 aromatic heterocycles. The summed E-state index contributed by atoms with van der Waals surface area (Å²) in [5.41, 5.74) is 3.06. The average Bonchev–Trinajstić information content (AvgIpc) is 3.03. The molecular formula is C21H25N3O3. The summed E-state index contributed by atoms with van der Waals surface area (Å²) in [6, 6.07) is 11.6. The lowest BCUT2D eigenvalue weighted by Gasteiger charge is -2.16. The Bertz CT molecular complexity index is 808. The van der Waals surface area contributed by atoms with Gasteiger partial charge in [-0.05, 0) is 42.7 Å². The van der Waals surface area contributed by atoms with Gasteiger partial charge in [0, 0.05) is 25.7 Å². The number of carbonyl (C=O) groups is 2. The van der Waals surface area contributed by atoms with Crippen LogP contribution in [0.1, 0.15) is 23.2 Å². The normalized spacial score (nSPS) is 16.4. The number of aromatic nitrogens is 1. The Kier molecular flexibility index (Phi) is 6.06. The Balaban J connectivity index is 1.47. The summed E-state index contributed by atoms with van der Waals surface area (Å²) in [6.07, 6.45) is 2.72. The highest BCUT2D eigenvalue weighted by Crippen LogP contribution is 2.20. The molecule has 27 heavy (non-hydrogen) atoms. The second kappa shape index (κ2) is 8.66. The standard InChI is InChI=1S/C21H25N3O3/c1-15-11-16(6-7-19(15)27-2)8-10-23-21(26)17-12-20(25)24(13-17)14-18-5-3-4-9-22-18/h3-7,9,11,17H,8,10,12-14H2,1-2H3,(H,23,26). The van der Waals surface area contributed by atoms with Gasteiger partial charge in [0.15, 0.2) is 0 Å². The summed E-state index contributed by atoms with van der Waals surface area (Å²) in [5, 5.41) is 2.96. The van der Waals surface area contributed by atoms with Gasteiger partial charge < -0.3 is 15.0 Å². The summed E-state index contributed by atoms with van der Waals surface area (Å²) < 4.78 is 5.26. The Morgan fingerprint density at radius 3 is 2.89 bits per heavy atom. The average molecular weight is 367 g/mol.